The van der Waals surface area contributed by atoms with Crippen molar-refractivity contribution in [3.63, 3.8) is 0 Å². The molecule has 1 N–H and O–H groups in total. The number of rotatable bonds is 2. The molecule has 0 aliphatic rings. The van der Waals surface area contributed by atoms with Gasteiger partial charge in [0.1, 0.15) is 5.60 Å². The van der Waals surface area contributed by atoms with Crippen LogP contribution in [0.2, 0.25) is 0 Å². The van der Waals surface area contributed by atoms with Gasteiger partial charge in [-0.25, -0.2) is 0 Å². The summed E-state index contributed by atoms with van der Waals surface area (Å²) in [5.41, 5.74) is 0.586. The van der Waals surface area contributed by atoms with Crippen LogP contribution in [0, 0.1) is 17.2 Å². The SMILES string of the molecule is COC(C)(C)C#Cc1ccccc1/C(O)=C/[N+]#N. The minimum absolute atomic E-state index is 0.141. The molecule has 1 rings (SSSR count). The molecule has 92 valence electrons. The number of methoxy groups -OCH3 is 1. The zero-order chi connectivity index (χ0) is 13.6. The van der Waals surface area contributed by atoms with Crippen molar-refractivity contribution in [2.45, 2.75) is 19.4 Å². The van der Waals surface area contributed by atoms with E-state index in [1.807, 2.05) is 19.9 Å². The molecule has 0 spiro atoms. The van der Waals surface area contributed by atoms with Gasteiger partial charge in [0.25, 0.3) is 0 Å². The molecule has 0 saturated carbocycles. The van der Waals surface area contributed by atoms with Crippen LogP contribution in [-0.4, -0.2) is 17.8 Å². The Hall–Kier alpha value is -2.30. The van der Waals surface area contributed by atoms with Crippen LogP contribution >= 0.6 is 0 Å². The molecule has 4 heteroatoms. The van der Waals surface area contributed by atoms with Crippen molar-refractivity contribution in [2.75, 3.05) is 7.11 Å². The van der Waals surface area contributed by atoms with Gasteiger partial charge in [0.15, 0.2) is 4.98 Å². The monoisotopic (exact) mass is 243 g/mol. The number of ether oxygens (including phenoxy) is 1. The van der Waals surface area contributed by atoms with Gasteiger partial charge in [-0.05, 0) is 26.0 Å². The predicted molar refractivity (Wildman–Crippen MR) is 70.1 cm³/mol. The fourth-order valence-corrected chi connectivity index (χ4v) is 1.21. The highest BCUT2D eigenvalue weighted by atomic mass is 16.5. The molecule has 0 bridgehead atoms. The topological polar surface area (TPSA) is 57.6 Å². The maximum atomic E-state index is 9.70. The summed E-state index contributed by atoms with van der Waals surface area (Å²) >= 11 is 0. The highest BCUT2D eigenvalue weighted by Crippen LogP contribution is 2.17. The van der Waals surface area contributed by atoms with Gasteiger partial charge in [-0.15, -0.1) is 0 Å². The van der Waals surface area contributed by atoms with Crippen molar-refractivity contribution < 1.29 is 9.84 Å². The van der Waals surface area contributed by atoms with E-state index in [1.54, 1.807) is 25.3 Å². The molecule has 4 nitrogen and oxygen atoms in total. The van der Waals surface area contributed by atoms with E-state index in [9.17, 15) is 5.11 Å². The van der Waals surface area contributed by atoms with Gasteiger partial charge in [0, 0.05) is 18.2 Å². The van der Waals surface area contributed by atoms with E-state index in [0.717, 1.165) is 6.20 Å². The number of hydrogen-bond acceptors (Lipinski definition) is 3. The fraction of sp³-hybridized carbons (Fsp3) is 0.286. The first kappa shape index (κ1) is 13.8. The number of aliphatic hydroxyl groups excluding tert-OH is 1. The Kier molecular flexibility index (Phi) is 4.48. The first-order valence-electron chi connectivity index (χ1n) is 5.41. The van der Waals surface area contributed by atoms with Crippen LogP contribution < -0.4 is 0 Å². The number of hydrogen-bond donors (Lipinski definition) is 1. The van der Waals surface area contributed by atoms with Crippen LogP contribution in [0.1, 0.15) is 25.0 Å². The molecule has 0 radical (unpaired) electrons. The Bertz CT molecular complexity index is 557. The van der Waals surface area contributed by atoms with E-state index in [2.05, 4.69) is 16.8 Å². The largest absolute Gasteiger partial charge is 0.501 e. The standard InChI is InChI=1S/C14H14N2O2/c1-14(2,18-3)9-8-11-6-4-5-7-12(11)13(17)10-16-15/h4-7,10H,1-3H3/p+1/b13-10-. The Morgan fingerprint density at radius 3 is 2.72 bits per heavy atom. The lowest BCUT2D eigenvalue weighted by Crippen LogP contribution is -2.19. The number of diazo groups is 1. The van der Waals surface area contributed by atoms with E-state index >= 15 is 0 Å². The lowest BCUT2D eigenvalue weighted by molar-refractivity contribution is 0.0742. The maximum absolute atomic E-state index is 9.70. The third-order valence-electron chi connectivity index (χ3n) is 2.39. The molecular weight excluding hydrogens is 228 g/mol. The van der Waals surface area contributed by atoms with Gasteiger partial charge < -0.3 is 9.84 Å². The van der Waals surface area contributed by atoms with Gasteiger partial charge in [-0.2, -0.15) is 0 Å². The highest BCUT2D eigenvalue weighted by Gasteiger charge is 2.12. The van der Waals surface area contributed by atoms with E-state index in [1.165, 1.54) is 0 Å². The van der Waals surface area contributed by atoms with E-state index < -0.39 is 5.60 Å². The third kappa shape index (κ3) is 3.62. The molecule has 0 atom stereocenters. The molecule has 0 aliphatic carbocycles. The molecule has 0 aliphatic heterocycles. The van der Waals surface area contributed by atoms with Crippen molar-refractivity contribution >= 4 is 5.76 Å². The van der Waals surface area contributed by atoms with Crippen molar-refractivity contribution in [1.29, 1.82) is 5.39 Å². The van der Waals surface area contributed by atoms with Crippen molar-refractivity contribution in [2.24, 2.45) is 0 Å². The fourth-order valence-electron chi connectivity index (χ4n) is 1.21. The van der Waals surface area contributed by atoms with Crippen LogP contribution in [0.25, 0.3) is 10.7 Å². The summed E-state index contributed by atoms with van der Waals surface area (Å²) in [6.07, 6.45) is 0.960. The Balaban J connectivity index is 3.20. The molecule has 0 fully saturated rings. The number of benzene rings is 1. The summed E-state index contributed by atoms with van der Waals surface area (Å²) in [5.74, 6) is 5.76. The third-order valence-corrected chi connectivity index (χ3v) is 2.39. The number of nitrogens with zero attached hydrogens (tertiary/aromatic N) is 2. The van der Waals surface area contributed by atoms with Gasteiger partial charge in [-0.1, -0.05) is 24.0 Å². The molecule has 0 saturated heterocycles. The minimum Gasteiger partial charge on any atom is -0.501 e. The molecule has 18 heavy (non-hydrogen) atoms. The summed E-state index contributed by atoms with van der Waals surface area (Å²) < 4.78 is 5.20. The van der Waals surface area contributed by atoms with Crippen molar-refractivity contribution in [3.05, 3.63) is 46.6 Å². The van der Waals surface area contributed by atoms with Gasteiger partial charge >= 0.3 is 6.20 Å². The van der Waals surface area contributed by atoms with Crippen molar-refractivity contribution in [1.82, 2.24) is 0 Å². The molecule has 0 aromatic heterocycles. The molecule has 1 aromatic carbocycles. The van der Waals surface area contributed by atoms with E-state index in [-0.39, 0.29) is 5.76 Å². The van der Waals surface area contributed by atoms with Gasteiger partial charge in [0.05, 0.1) is 0 Å². The minimum atomic E-state index is -0.562. The zero-order valence-electron chi connectivity index (χ0n) is 10.6. The summed E-state index contributed by atoms with van der Waals surface area (Å²) in [6, 6.07) is 7.05. The quantitative estimate of drug-likeness (QED) is 0.493. The molecule has 0 amide bonds. The summed E-state index contributed by atoms with van der Waals surface area (Å²) in [6.45, 7) is 3.70. The Morgan fingerprint density at radius 2 is 2.11 bits per heavy atom. The Morgan fingerprint density at radius 1 is 1.44 bits per heavy atom. The van der Waals surface area contributed by atoms with Gasteiger partial charge in [-0.3, -0.25) is 0 Å². The summed E-state index contributed by atoms with van der Waals surface area (Å²) in [5, 5.41) is 18.1. The lowest BCUT2D eigenvalue weighted by Gasteiger charge is -2.14. The maximum Gasteiger partial charge on any atom is 0.392 e. The van der Waals surface area contributed by atoms with Gasteiger partial charge in [0.2, 0.25) is 11.2 Å². The van der Waals surface area contributed by atoms with Crippen LogP contribution in [0.4, 0.5) is 0 Å². The van der Waals surface area contributed by atoms with Crippen LogP contribution in [0.15, 0.2) is 30.5 Å². The second-order valence-corrected chi connectivity index (χ2v) is 4.14. The average molecular weight is 243 g/mol. The predicted octanol–water partition coefficient (Wildman–Crippen LogP) is 3.17. The first-order valence-corrected chi connectivity index (χ1v) is 5.41. The second kappa shape index (κ2) is 5.86. The van der Waals surface area contributed by atoms with E-state index in [4.69, 9.17) is 10.1 Å². The molecular formula is C14H15N2O2+. The van der Waals surface area contributed by atoms with Crippen molar-refractivity contribution in [3.8, 4) is 11.8 Å². The lowest BCUT2D eigenvalue weighted by atomic mass is 10.0. The summed E-state index contributed by atoms with van der Waals surface area (Å²) in [7, 11) is 1.59. The molecule has 0 heterocycles. The number of aliphatic hydroxyl groups is 1. The van der Waals surface area contributed by atoms with Crippen LogP contribution in [-0.2, 0) is 4.74 Å². The first-order chi connectivity index (χ1) is 8.50. The Labute approximate surface area is 107 Å². The van der Waals surface area contributed by atoms with E-state index in [0.29, 0.717) is 11.1 Å². The zero-order valence-corrected chi connectivity index (χ0v) is 10.6. The smallest absolute Gasteiger partial charge is 0.392 e. The normalized spacial score (nSPS) is 11.3. The molecule has 1 aromatic rings. The second-order valence-electron chi connectivity index (χ2n) is 4.14. The van der Waals surface area contributed by atoms with Crippen LogP contribution in [0.5, 0.6) is 0 Å². The highest BCUT2D eigenvalue weighted by molar-refractivity contribution is 5.66. The molecule has 0 unspecified atom stereocenters. The average Bonchev–Trinajstić information content (AvgIpc) is 2.37. The summed E-state index contributed by atoms with van der Waals surface area (Å²) in [4.78, 5) is 2.79. The van der Waals surface area contributed by atoms with Crippen LogP contribution in [0.3, 0.4) is 0 Å².